The van der Waals surface area contributed by atoms with Gasteiger partial charge in [0, 0.05) is 11.1 Å². The number of anilines is 2. The fourth-order valence-corrected chi connectivity index (χ4v) is 3.99. The molecule has 0 aromatic heterocycles. The maximum Gasteiger partial charge on any atom is 0.295 e. The van der Waals surface area contributed by atoms with Crippen molar-refractivity contribution in [2.45, 2.75) is 19.2 Å². The van der Waals surface area contributed by atoms with Crippen molar-refractivity contribution in [2.75, 3.05) is 10.2 Å². The van der Waals surface area contributed by atoms with Gasteiger partial charge in [-0.25, -0.2) is 4.90 Å². The number of hydrogen-bond donors (Lipinski definition) is 1. The monoisotopic (exact) mass is 362 g/mol. The van der Waals surface area contributed by atoms with Gasteiger partial charge in [-0.3, -0.25) is 9.59 Å². The van der Waals surface area contributed by atoms with Crippen molar-refractivity contribution < 1.29 is 9.59 Å². The third-order valence-corrected chi connectivity index (χ3v) is 5.61. The Labute approximate surface area is 156 Å². The molecule has 0 radical (unpaired) electrons. The van der Waals surface area contributed by atoms with Crippen LogP contribution >= 0.6 is 11.8 Å². The minimum absolute atomic E-state index is 0.240. The van der Waals surface area contributed by atoms with E-state index in [-0.39, 0.29) is 11.1 Å². The van der Waals surface area contributed by atoms with Crippen molar-refractivity contribution in [3.8, 4) is 0 Å². The Morgan fingerprint density at radius 3 is 2.50 bits per heavy atom. The van der Waals surface area contributed by atoms with Crippen LogP contribution in [0.15, 0.2) is 60.7 Å². The molecule has 1 aliphatic rings. The Morgan fingerprint density at radius 1 is 0.923 bits per heavy atom. The van der Waals surface area contributed by atoms with E-state index >= 15 is 0 Å². The normalized spacial score (nSPS) is 17.2. The number of fused-ring (bicyclic) bond motifs is 1. The molecule has 1 fully saturated rings. The van der Waals surface area contributed by atoms with Gasteiger partial charge in [0.2, 0.25) is 0 Å². The zero-order valence-corrected chi connectivity index (χ0v) is 15.3. The zero-order chi connectivity index (χ0) is 18.3. The molecular weight excluding hydrogens is 344 g/mol. The molecule has 1 unspecified atom stereocenters. The lowest BCUT2D eigenvalue weighted by Crippen LogP contribution is -2.34. The summed E-state index contributed by atoms with van der Waals surface area (Å²) >= 11 is 1.02. The van der Waals surface area contributed by atoms with E-state index in [2.05, 4.69) is 5.32 Å². The molecule has 5 heteroatoms. The van der Waals surface area contributed by atoms with Gasteiger partial charge in [0.1, 0.15) is 0 Å². The summed E-state index contributed by atoms with van der Waals surface area (Å²) in [6.45, 7) is 3.98. The van der Waals surface area contributed by atoms with Crippen LogP contribution in [-0.2, 0) is 4.79 Å². The van der Waals surface area contributed by atoms with E-state index in [4.69, 9.17) is 0 Å². The van der Waals surface area contributed by atoms with Crippen LogP contribution in [0.1, 0.15) is 11.1 Å². The fourth-order valence-electron chi connectivity index (χ4n) is 3.09. The van der Waals surface area contributed by atoms with E-state index in [1.807, 2.05) is 74.5 Å². The minimum Gasteiger partial charge on any atom is -0.365 e. The summed E-state index contributed by atoms with van der Waals surface area (Å²) in [5.41, 5.74) is 3.66. The second kappa shape index (κ2) is 6.50. The van der Waals surface area contributed by atoms with Crippen LogP contribution in [0.5, 0.6) is 0 Å². The van der Waals surface area contributed by atoms with Crippen LogP contribution in [-0.4, -0.2) is 16.5 Å². The summed E-state index contributed by atoms with van der Waals surface area (Å²) in [4.78, 5) is 26.6. The number of carbonyl (C=O) groups is 2. The first-order valence-corrected chi connectivity index (χ1v) is 9.29. The molecule has 3 aromatic rings. The number of amides is 2. The highest BCUT2D eigenvalue weighted by atomic mass is 32.2. The third-order valence-electron chi connectivity index (χ3n) is 4.67. The molecule has 3 aromatic carbocycles. The molecule has 1 saturated heterocycles. The molecule has 1 atom stereocenters. The second-order valence-electron chi connectivity index (χ2n) is 6.38. The summed E-state index contributed by atoms with van der Waals surface area (Å²) in [7, 11) is 0. The van der Waals surface area contributed by atoms with Gasteiger partial charge in [-0.15, -0.1) is 0 Å². The summed E-state index contributed by atoms with van der Waals surface area (Å²) in [5, 5.41) is 4.47. The number of nitrogens with one attached hydrogen (secondary N) is 1. The predicted octanol–water partition coefficient (Wildman–Crippen LogP) is 5.09. The number of rotatable bonds is 3. The predicted molar refractivity (Wildman–Crippen MR) is 108 cm³/mol. The highest BCUT2D eigenvalue weighted by molar-refractivity contribution is 8.16. The Kier molecular flexibility index (Phi) is 4.17. The van der Waals surface area contributed by atoms with E-state index in [1.165, 1.54) is 4.90 Å². The van der Waals surface area contributed by atoms with Crippen molar-refractivity contribution in [1.82, 2.24) is 0 Å². The van der Waals surface area contributed by atoms with Crippen LogP contribution in [0.4, 0.5) is 16.2 Å². The van der Waals surface area contributed by atoms with Gasteiger partial charge in [0.05, 0.1) is 5.69 Å². The van der Waals surface area contributed by atoms with Gasteiger partial charge in [0.25, 0.3) is 11.1 Å². The molecule has 1 heterocycles. The Hall–Kier alpha value is -2.79. The van der Waals surface area contributed by atoms with E-state index < -0.39 is 5.37 Å². The molecule has 130 valence electrons. The number of hydrogen-bond acceptors (Lipinski definition) is 4. The lowest BCUT2D eigenvalue weighted by Gasteiger charge is -2.17. The molecule has 4 nitrogen and oxygen atoms in total. The van der Waals surface area contributed by atoms with E-state index in [1.54, 1.807) is 0 Å². The van der Waals surface area contributed by atoms with Gasteiger partial charge in [0.15, 0.2) is 5.37 Å². The third kappa shape index (κ3) is 2.84. The number of imide groups is 1. The Balaban J connectivity index is 1.64. The van der Waals surface area contributed by atoms with Gasteiger partial charge >= 0.3 is 0 Å². The van der Waals surface area contributed by atoms with E-state index in [9.17, 15) is 9.59 Å². The largest absolute Gasteiger partial charge is 0.365 e. The molecule has 0 saturated carbocycles. The molecule has 4 rings (SSSR count). The van der Waals surface area contributed by atoms with Gasteiger partial charge in [-0.1, -0.05) is 42.5 Å². The summed E-state index contributed by atoms with van der Waals surface area (Å²) in [6.07, 6.45) is 0. The van der Waals surface area contributed by atoms with Crippen LogP contribution in [0, 0.1) is 13.8 Å². The summed E-state index contributed by atoms with van der Waals surface area (Å²) in [5.74, 6) is -0.240. The van der Waals surface area contributed by atoms with Crippen LogP contribution in [0.2, 0.25) is 0 Å². The van der Waals surface area contributed by atoms with Gasteiger partial charge in [-0.2, -0.15) is 0 Å². The molecule has 2 amide bonds. The first-order chi connectivity index (χ1) is 12.5. The van der Waals surface area contributed by atoms with Crippen molar-refractivity contribution >= 4 is 45.1 Å². The standard InChI is InChI=1S/C21H18N2O2S/c1-13-10-11-16(12-14(13)2)23-20(24)19(26-21(23)25)22-18-9-5-7-15-6-3-4-8-17(15)18/h3-12,19,22H,1-2H3. The van der Waals surface area contributed by atoms with Gasteiger partial charge < -0.3 is 5.32 Å². The molecule has 0 spiro atoms. The van der Waals surface area contributed by atoms with Crippen molar-refractivity contribution in [1.29, 1.82) is 0 Å². The number of aryl methyl sites for hydroxylation is 2. The Morgan fingerprint density at radius 2 is 1.69 bits per heavy atom. The second-order valence-corrected chi connectivity index (χ2v) is 7.43. The highest BCUT2D eigenvalue weighted by Crippen LogP contribution is 2.34. The summed E-state index contributed by atoms with van der Waals surface area (Å²) in [6, 6.07) is 19.5. The molecule has 1 N–H and O–H groups in total. The molecule has 0 aliphatic carbocycles. The maximum atomic E-state index is 12.9. The number of nitrogens with zero attached hydrogens (tertiary/aromatic N) is 1. The molecule has 1 aliphatic heterocycles. The maximum absolute atomic E-state index is 12.9. The minimum atomic E-state index is -0.630. The van der Waals surface area contributed by atoms with Crippen molar-refractivity contribution in [3.05, 3.63) is 71.8 Å². The number of benzene rings is 3. The topological polar surface area (TPSA) is 49.4 Å². The Bertz CT molecular complexity index is 1030. The lowest BCUT2D eigenvalue weighted by atomic mass is 10.1. The van der Waals surface area contributed by atoms with E-state index in [0.29, 0.717) is 5.69 Å². The van der Waals surface area contributed by atoms with Crippen LogP contribution < -0.4 is 10.2 Å². The smallest absolute Gasteiger partial charge is 0.295 e. The van der Waals surface area contributed by atoms with Crippen LogP contribution in [0.25, 0.3) is 10.8 Å². The van der Waals surface area contributed by atoms with E-state index in [0.717, 1.165) is 39.3 Å². The quantitative estimate of drug-likeness (QED) is 0.705. The molecule has 0 bridgehead atoms. The molecular formula is C21H18N2O2S. The van der Waals surface area contributed by atoms with Crippen molar-refractivity contribution in [3.63, 3.8) is 0 Å². The zero-order valence-electron chi connectivity index (χ0n) is 14.5. The number of thioether (sulfide) groups is 1. The SMILES string of the molecule is Cc1ccc(N2C(=O)SC(Nc3cccc4ccccc34)C2=O)cc1C. The molecule has 26 heavy (non-hydrogen) atoms. The van der Waals surface area contributed by atoms with Gasteiger partial charge in [-0.05, 0) is 60.3 Å². The lowest BCUT2D eigenvalue weighted by molar-refractivity contribution is -0.116. The highest BCUT2D eigenvalue weighted by Gasteiger charge is 2.40. The van der Waals surface area contributed by atoms with Crippen molar-refractivity contribution in [2.24, 2.45) is 0 Å². The average molecular weight is 362 g/mol. The average Bonchev–Trinajstić information content (AvgIpc) is 2.91. The van der Waals surface area contributed by atoms with Crippen LogP contribution in [0.3, 0.4) is 0 Å². The number of carbonyl (C=O) groups excluding carboxylic acids is 2. The first kappa shape index (κ1) is 16.7. The fraction of sp³-hybridized carbons (Fsp3) is 0.143. The first-order valence-electron chi connectivity index (χ1n) is 8.41. The summed E-state index contributed by atoms with van der Waals surface area (Å²) < 4.78 is 0.